The fourth-order valence-corrected chi connectivity index (χ4v) is 6.85. The van der Waals surface area contributed by atoms with Crippen molar-refractivity contribution in [1.82, 2.24) is 20.1 Å². The van der Waals surface area contributed by atoms with Crippen LogP contribution < -0.4 is 16.2 Å². The highest BCUT2D eigenvalue weighted by molar-refractivity contribution is 7.59. The zero-order chi connectivity index (χ0) is 32.8. The molecule has 2 aliphatic rings. The number of nitrogens with one attached hydrogen (secondary N) is 2. The number of aryl methyl sites for hydroxylation is 1. The third-order valence-electron chi connectivity index (χ3n) is 9.22. The summed E-state index contributed by atoms with van der Waals surface area (Å²) in [6.07, 6.45) is 3.71. The maximum atomic E-state index is 14.3. The Labute approximate surface area is 282 Å². The number of nitrogens with zero attached hydrogens (tertiary/aromatic N) is 2. The number of carbonyl (C=O) groups is 4. The van der Waals surface area contributed by atoms with Crippen LogP contribution in [0, 0.1) is 0 Å². The highest BCUT2D eigenvalue weighted by atomic mass is 32.1. The zero-order valence-corrected chi connectivity index (χ0v) is 28.2. The van der Waals surface area contributed by atoms with E-state index in [0.29, 0.717) is 38.8 Å². The molecule has 1 saturated heterocycles. The summed E-state index contributed by atoms with van der Waals surface area (Å²) >= 11 is 0. The molecule has 2 aromatic carbocycles. The largest absolute Gasteiger partial charge is 0.466 e. The van der Waals surface area contributed by atoms with Gasteiger partial charge in [0.05, 0.1) is 24.4 Å². The Balaban J connectivity index is 0.00000500. The van der Waals surface area contributed by atoms with Crippen molar-refractivity contribution >= 4 is 37.2 Å². The number of carbonyl (C=O) groups excluding carboxylic acids is 4. The molecule has 3 aromatic rings. The van der Waals surface area contributed by atoms with Crippen LogP contribution in [0.5, 0.6) is 0 Å². The molecule has 1 unspecified atom stereocenters. The molecule has 1 aromatic heterocycles. The fourth-order valence-electron chi connectivity index (χ4n) is 6.85. The van der Waals surface area contributed by atoms with Gasteiger partial charge in [0.25, 0.3) is 11.5 Å². The maximum absolute atomic E-state index is 14.3. The van der Waals surface area contributed by atoms with E-state index < -0.39 is 23.3 Å². The van der Waals surface area contributed by atoms with Crippen LogP contribution in [0.4, 0.5) is 0 Å². The Morgan fingerprint density at radius 3 is 2.34 bits per heavy atom. The van der Waals surface area contributed by atoms with Gasteiger partial charge in [0.15, 0.2) is 0 Å². The van der Waals surface area contributed by atoms with Crippen LogP contribution in [0.1, 0.15) is 78.9 Å². The fraction of sp³-hybridized carbons (Fsp3) is 0.417. The summed E-state index contributed by atoms with van der Waals surface area (Å²) in [5, 5.41) is 6.04. The molecule has 11 heteroatoms. The lowest BCUT2D eigenvalue weighted by Crippen LogP contribution is -2.52. The topological polar surface area (TPSA) is 127 Å². The molecule has 0 bridgehead atoms. The number of piperidine rings is 1. The number of benzene rings is 2. The van der Waals surface area contributed by atoms with Crippen LogP contribution >= 0.6 is 13.5 Å². The normalized spacial score (nSPS) is 19.8. The maximum Gasteiger partial charge on any atom is 0.307 e. The Bertz CT molecular complexity index is 1650. The Kier molecular flexibility index (Phi) is 11.7. The number of hydrogen-bond donors (Lipinski definition) is 2. The van der Waals surface area contributed by atoms with Crippen molar-refractivity contribution in [2.24, 2.45) is 7.05 Å². The quantitative estimate of drug-likeness (QED) is 0.338. The van der Waals surface area contributed by atoms with E-state index in [9.17, 15) is 24.0 Å². The lowest BCUT2D eigenvalue weighted by molar-refractivity contribution is -0.144. The second kappa shape index (κ2) is 15.5. The molecule has 3 amide bonds. The Morgan fingerprint density at radius 2 is 1.64 bits per heavy atom. The van der Waals surface area contributed by atoms with Crippen molar-refractivity contribution in [3.8, 4) is 0 Å². The van der Waals surface area contributed by atoms with Gasteiger partial charge in [0.1, 0.15) is 5.56 Å². The monoisotopic (exact) mass is 660 g/mol. The second-order valence-electron chi connectivity index (χ2n) is 12.2. The predicted molar refractivity (Wildman–Crippen MR) is 184 cm³/mol. The van der Waals surface area contributed by atoms with Gasteiger partial charge in [-0.05, 0) is 68.4 Å². The lowest BCUT2D eigenvalue weighted by Gasteiger charge is -2.43. The molecule has 250 valence electrons. The first-order valence-corrected chi connectivity index (χ1v) is 16.0. The number of amides is 3. The molecular formula is C36H44N4O6S. The van der Waals surface area contributed by atoms with E-state index in [4.69, 9.17) is 4.74 Å². The van der Waals surface area contributed by atoms with Crippen molar-refractivity contribution in [3.63, 3.8) is 0 Å². The van der Waals surface area contributed by atoms with Crippen LogP contribution in [0.15, 0.2) is 77.7 Å². The summed E-state index contributed by atoms with van der Waals surface area (Å²) in [4.78, 5) is 67.5. The predicted octanol–water partition coefficient (Wildman–Crippen LogP) is 3.54. The second-order valence-corrected chi connectivity index (χ2v) is 12.2. The van der Waals surface area contributed by atoms with Crippen molar-refractivity contribution in [1.29, 1.82) is 0 Å². The van der Waals surface area contributed by atoms with Crippen molar-refractivity contribution in [2.45, 2.75) is 69.4 Å². The van der Waals surface area contributed by atoms with E-state index >= 15 is 0 Å². The van der Waals surface area contributed by atoms with Gasteiger partial charge in [0.2, 0.25) is 11.8 Å². The summed E-state index contributed by atoms with van der Waals surface area (Å²) < 4.78 is 6.47. The number of likely N-dealkylation sites (tertiary alicyclic amines) is 1. The van der Waals surface area contributed by atoms with E-state index in [-0.39, 0.29) is 61.5 Å². The highest BCUT2D eigenvalue weighted by Crippen LogP contribution is 2.48. The van der Waals surface area contributed by atoms with Crippen molar-refractivity contribution in [3.05, 3.63) is 106 Å². The smallest absolute Gasteiger partial charge is 0.307 e. The SMILES string of the molecule is CCOC(=O)CC(C)NC(=O)[C@@]1(c2ccccc2)CC[C@H](C(=O)N2CCC(NC(=O)c3cccn(C)c3=O)CC2)c2ccccc21.S. The first-order chi connectivity index (χ1) is 22.1. The summed E-state index contributed by atoms with van der Waals surface area (Å²) in [5.41, 5.74) is 1.16. The van der Waals surface area contributed by atoms with Gasteiger partial charge in [-0.3, -0.25) is 24.0 Å². The van der Waals surface area contributed by atoms with Gasteiger partial charge in [-0.25, -0.2) is 0 Å². The molecule has 0 spiro atoms. The third kappa shape index (κ3) is 7.45. The van der Waals surface area contributed by atoms with E-state index in [2.05, 4.69) is 10.6 Å². The van der Waals surface area contributed by atoms with Gasteiger partial charge in [-0.1, -0.05) is 54.6 Å². The number of esters is 1. The average Bonchev–Trinajstić information content (AvgIpc) is 3.05. The van der Waals surface area contributed by atoms with Gasteiger partial charge in [-0.2, -0.15) is 13.5 Å². The number of ether oxygens (including phenoxy) is 1. The van der Waals surface area contributed by atoms with E-state index in [0.717, 1.165) is 16.7 Å². The summed E-state index contributed by atoms with van der Waals surface area (Å²) in [6.45, 7) is 4.77. The molecule has 47 heavy (non-hydrogen) atoms. The average molecular weight is 661 g/mol. The minimum absolute atomic E-state index is 0. The third-order valence-corrected chi connectivity index (χ3v) is 9.22. The standard InChI is InChI=1S/C36H42N4O6.H2S/c1-4-46-31(41)23-24(2)37-35(45)36(25-11-6-5-7-12-25)19-16-28(27-13-8-9-15-30(27)36)34(44)40-21-17-26(18-22-40)38-32(42)29-14-10-20-39(3)33(29)43;/h5-15,20,24,26,28H,4,16-19,21-23H2,1-3H3,(H,37,45)(H,38,42);1H2/t24?,28-,36+;/m0./s1. The van der Waals surface area contributed by atoms with Crippen LogP contribution in [-0.2, 0) is 31.6 Å². The molecule has 5 rings (SSSR count). The number of pyridine rings is 1. The minimum atomic E-state index is -1.04. The molecule has 10 nitrogen and oxygen atoms in total. The van der Waals surface area contributed by atoms with E-state index in [1.165, 1.54) is 10.6 Å². The summed E-state index contributed by atoms with van der Waals surface area (Å²) in [5.74, 6) is -1.40. The van der Waals surface area contributed by atoms with Gasteiger partial charge in [-0.15, -0.1) is 0 Å². The van der Waals surface area contributed by atoms with Crippen LogP contribution in [-0.4, -0.2) is 64.9 Å². The number of aromatic nitrogens is 1. The molecule has 0 radical (unpaired) electrons. The lowest BCUT2D eigenvalue weighted by atomic mass is 9.62. The Hall–Kier alpha value is -4.38. The number of fused-ring (bicyclic) bond motifs is 1. The van der Waals surface area contributed by atoms with Crippen LogP contribution in [0.25, 0.3) is 0 Å². The van der Waals surface area contributed by atoms with Gasteiger partial charge >= 0.3 is 5.97 Å². The van der Waals surface area contributed by atoms with Crippen LogP contribution in [0.2, 0.25) is 0 Å². The number of hydrogen-bond acceptors (Lipinski definition) is 6. The highest BCUT2D eigenvalue weighted by Gasteiger charge is 2.49. The van der Waals surface area contributed by atoms with E-state index in [1.54, 1.807) is 33.2 Å². The first-order valence-electron chi connectivity index (χ1n) is 16.0. The van der Waals surface area contributed by atoms with E-state index in [1.807, 2.05) is 59.5 Å². The number of rotatable bonds is 9. The van der Waals surface area contributed by atoms with Crippen molar-refractivity contribution in [2.75, 3.05) is 19.7 Å². The molecule has 1 fully saturated rings. The minimum Gasteiger partial charge on any atom is -0.466 e. The molecule has 0 saturated carbocycles. The molecule has 2 heterocycles. The summed E-state index contributed by atoms with van der Waals surface area (Å²) in [6, 6.07) is 19.9. The molecule has 3 atom stereocenters. The molecule has 1 aliphatic carbocycles. The van der Waals surface area contributed by atoms with Gasteiger partial charge < -0.3 is 24.8 Å². The summed E-state index contributed by atoms with van der Waals surface area (Å²) in [7, 11) is 1.61. The zero-order valence-electron chi connectivity index (χ0n) is 27.2. The van der Waals surface area contributed by atoms with Crippen molar-refractivity contribution < 1.29 is 23.9 Å². The first kappa shape index (κ1) is 35.5. The Morgan fingerprint density at radius 1 is 0.957 bits per heavy atom. The van der Waals surface area contributed by atoms with Crippen LogP contribution in [0.3, 0.4) is 0 Å². The molecule has 2 N–H and O–H groups in total. The molecular weight excluding hydrogens is 616 g/mol. The van der Waals surface area contributed by atoms with Gasteiger partial charge in [0, 0.05) is 38.4 Å². The molecule has 1 aliphatic heterocycles.